The van der Waals surface area contributed by atoms with Gasteiger partial charge in [-0.2, -0.15) is 0 Å². The number of hydrogen-bond acceptors (Lipinski definition) is 4. The Morgan fingerprint density at radius 3 is 2.03 bits per heavy atom. The lowest BCUT2D eigenvalue weighted by atomic mass is 9.94. The normalized spacial score (nSPS) is 12.9. The molecule has 0 fully saturated rings. The monoisotopic (exact) mass is 451 g/mol. The van der Waals surface area contributed by atoms with E-state index in [-0.39, 0.29) is 11.8 Å². The maximum atomic E-state index is 12.4. The van der Waals surface area contributed by atoms with Crippen LogP contribution >= 0.6 is 0 Å². The van der Waals surface area contributed by atoms with Crippen LogP contribution in [0.1, 0.15) is 112 Å². The Balaban J connectivity index is 1.74. The Morgan fingerprint density at radius 1 is 0.727 bits per heavy atom. The summed E-state index contributed by atoms with van der Waals surface area (Å²) in [7, 11) is 0. The average molecular weight is 452 g/mol. The van der Waals surface area contributed by atoms with E-state index in [2.05, 4.69) is 29.6 Å². The van der Waals surface area contributed by atoms with Crippen LogP contribution in [0, 0.1) is 0 Å². The van der Waals surface area contributed by atoms with E-state index < -0.39 is 0 Å². The van der Waals surface area contributed by atoms with Crippen molar-refractivity contribution in [1.29, 1.82) is 0 Å². The van der Waals surface area contributed by atoms with Crippen molar-refractivity contribution in [1.82, 2.24) is 10.7 Å². The molecule has 0 bridgehead atoms. The van der Waals surface area contributed by atoms with E-state index in [4.69, 9.17) is 0 Å². The SMILES string of the molecule is CCCCCCCCNN(CCCCCCCC)c1ccc2c3c(cccc13)C(=O)NC2=O. The maximum absolute atomic E-state index is 12.4. The number of carbonyl (C=O) groups is 2. The van der Waals surface area contributed by atoms with Gasteiger partial charge in [0.25, 0.3) is 11.8 Å². The van der Waals surface area contributed by atoms with E-state index in [1.807, 2.05) is 24.3 Å². The quantitative estimate of drug-likeness (QED) is 0.168. The zero-order chi connectivity index (χ0) is 23.5. The van der Waals surface area contributed by atoms with E-state index in [1.54, 1.807) is 6.07 Å². The molecule has 2 amide bonds. The van der Waals surface area contributed by atoms with Gasteiger partial charge in [-0.05, 0) is 31.0 Å². The minimum absolute atomic E-state index is 0.308. The number of amides is 2. The molecule has 2 aromatic rings. The van der Waals surface area contributed by atoms with E-state index in [0.717, 1.165) is 42.4 Å². The lowest BCUT2D eigenvalue weighted by Crippen LogP contribution is -2.40. The molecule has 33 heavy (non-hydrogen) atoms. The number of rotatable bonds is 16. The van der Waals surface area contributed by atoms with E-state index in [1.165, 1.54) is 64.2 Å². The molecule has 0 spiro atoms. The largest absolute Gasteiger partial charge is 0.308 e. The van der Waals surface area contributed by atoms with Gasteiger partial charge in [0, 0.05) is 35.0 Å². The predicted molar refractivity (Wildman–Crippen MR) is 138 cm³/mol. The second kappa shape index (κ2) is 13.3. The minimum atomic E-state index is -0.308. The third kappa shape index (κ3) is 6.80. The van der Waals surface area contributed by atoms with Crippen LogP contribution in [0.3, 0.4) is 0 Å². The molecule has 1 aliphatic heterocycles. The van der Waals surface area contributed by atoms with Gasteiger partial charge in [0.05, 0.1) is 5.69 Å². The van der Waals surface area contributed by atoms with Crippen molar-refractivity contribution in [3.05, 3.63) is 41.5 Å². The van der Waals surface area contributed by atoms with Crippen molar-refractivity contribution in [2.24, 2.45) is 0 Å². The molecule has 0 saturated carbocycles. The number of carbonyl (C=O) groups excluding carboxylic acids is 2. The summed E-state index contributed by atoms with van der Waals surface area (Å²) >= 11 is 0. The molecule has 0 atom stereocenters. The van der Waals surface area contributed by atoms with Gasteiger partial charge in [-0.15, -0.1) is 0 Å². The summed E-state index contributed by atoms with van der Waals surface area (Å²) in [5.41, 5.74) is 5.89. The Kier molecular flexibility index (Phi) is 10.2. The number of hydrazine groups is 1. The molecule has 0 unspecified atom stereocenters. The number of anilines is 1. The molecule has 3 rings (SSSR count). The van der Waals surface area contributed by atoms with Crippen molar-refractivity contribution in [3.63, 3.8) is 0 Å². The first-order chi connectivity index (χ1) is 16.2. The number of benzene rings is 2. The Labute approximate surface area is 199 Å². The molecule has 2 N–H and O–H groups in total. The smallest absolute Gasteiger partial charge is 0.258 e. The van der Waals surface area contributed by atoms with Crippen LogP contribution in [-0.4, -0.2) is 24.9 Å². The molecule has 1 heterocycles. The van der Waals surface area contributed by atoms with Gasteiger partial charge < -0.3 is 5.01 Å². The van der Waals surface area contributed by atoms with Gasteiger partial charge in [-0.25, -0.2) is 5.43 Å². The van der Waals surface area contributed by atoms with Gasteiger partial charge in [0.15, 0.2) is 0 Å². The third-order valence-electron chi connectivity index (χ3n) is 6.59. The fourth-order valence-corrected chi connectivity index (χ4v) is 4.70. The van der Waals surface area contributed by atoms with Crippen LogP contribution in [0.25, 0.3) is 10.8 Å². The van der Waals surface area contributed by atoms with Crippen molar-refractivity contribution in [2.75, 3.05) is 18.1 Å². The summed E-state index contributed by atoms with van der Waals surface area (Å²) < 4.78 is 0. The molecule has 1 aliphatic rings. The molecular formula is C28H41N3O2. The lowest BCUT2D eigenvalue weighted by Gasteiger charge is -2.29. The summed E-state index contributed by atoms with van der Waals surface area (Å²) in [6.45, 7) is 6.35. The molecule has 5 heteroatoms. The van der Waals surface area contributed by atoms with Gasteiger partial charge >= 0.3 is 0 Å². The number of nitrogens with one attached hydrogen (secondary N) is 2. The molecule has 180 valence electrons. The molecule has 0 radical (unpaired) electrons. The Bertz CT molecular complexity index is 904. The molecule has 5 nitrogen and oxygen atoms in total. The van der Waals surface area contributed by atoms with E-state index in [9.17, 15) is 9.59 Å². The van der Waals surface area contributed by atoms with Crippen LogP contribution in [-0.2, 0) is 0 Å². The number of unbranched alkanes of at least 4 members (excludes halogenated alkanes) is 10. The van der Waals surface area contributed by atoms with E-state index in [0.29, 0.717) is 11.1 Å². The molecule has 2 aromatic carbocycles. The highest BCUT2D eigenvalue weighted by atomic mass is 16.2. The summed E-state index contributed by atoms with van der Waals surface area (Å²) in [6.07, 6.45) is 15.1. The summed E-state index contributed by atoms with van der Waals surface area (Å²) in [5.74, 6) is -0.615. The highest BCUT2D eigenvalue weighted by Crippen LogP contribution is 2.33. The van der Waals surface area contributed by atoms with Gasteiger partial charge in [0.1, 0.15) is 0 Å². The van der Waals surface area contributed by atoms with Crippen molar-refractivity contribution < 1.29 is 9.59 Å². The van der Waals surface area contributed by atoms with Gasteiger partial charge in [-0.3, -0.25) is 14.9 Å². The molecule has 0 aromatic heterocycles. The van der Waals surface area contributed by atoms with Crippen molar-refractivity contribution >= 4 is 28.3 Å². The predicted octanol–water partition coefficient (Wildman–Crippen LogP) is 6.76. The minimum Gasteiger partial charge on any atom is -0.308 e. The molecule has 0 aliphatic carbocycles. The fourth-order valence-electron chi connectivity index (χ4n) is 4.70. The summed E-state index contributed by atoms with van der Waals surface area (Å²) in [5, 5.41) is 6.46. The van der Waals surface area contributed by atoms with Crippen LogP contribution in [0.15, 0.2) is 30.3 Å². The molecule has 0 saturated heterocycles. The van der Waals surface area contributed by atoms with E-state index >= 15 is 0 Å². The zero-order valence-corrected chi connectivity index (χ0v) is 20.5. The first-order valence-corrected chi connectivity index (χ1v) is 13.1. The Hall–Kier alpha value is -2.40. The number of hydrogen-bond donors (Lipinski definition) is 2. The first-order valence-electron chi connectivity index (χ1n) is 13.1. The maximum Gasteiger partial charge on any atom is 0.258 e. The van der Waals surface area contributed by atoms with Gasteiger partial charge in [-0.1, -0.05) is 90.2 Å². The zero-order valence-electron chi connectivity index (χ0n) is 20.5. The second-order valence-electron chi connectivity index (χ2n) is 9.24. The van der Waals surface area contributed by atoms with Crippen LogP contribution in [0.2, 0.25) is 0 Å². The highest BCUT2D eigenvalue weighted by Gasteiger charge is 2.26. The van der Waals surface area contributed by atoms with Crippen LogP contribution in [0.5, 0.6) is 0 Å². The first kappa shape index (κ1) is 25.2. The topological polar surface area (TPSA) is 61.4 Å². The standard InChI is InChI=1S/C28H41N3O2/c1-3-5-7-9-11-13-20-29-31(21-14-12-10-8-6-4-2)25-19-18-24-26-22(25)16-15-17-23(26)27(32)30-28(24)33/h15-19,29H,3-14,20-21H2,1-2H3,(H,30,32,33). The van der Waals surface area contributed by atoms with Gasteiger partial charge in [0.2, 0.25) is 0 Å². The fraction of sp³-hybridized carbons (Fsp3) is 0.571. The second-order valence-corrected chi connectivity index (χ2v) is 9.24. The van der Waals surface area contributed by atoms with Crippen molar-refractivity contribution in [2.45, 2.75) is 90.9 Å². The van der Waals surface area contributed by atoms with Crippen molar-refractivity contribution in [3.8, 4) is 0 Å². The highest BCUT2D eigenvalue weighted by molar-refractivity contribution is 6.26. The number of nitrogens with zero attached hydrogens (tertiary/aromatic N) is 1. The summed E-state index contributed by atoms with van der Waals surface area (Å²) in [6, 6.07) is 9.65. The number of imide groups is 1. The van der Waals surface area contributed by atoms with Crippen LogP contribution in [0.4, 0.5) is 5.69 Å². The average Bonchev–Trinajstić information content (AvgIpc) is 2.82. The third-order valence-corrected chi connectivity index (χ3v) is 6.59. The van der Waals surface area contributed by atoms with Crippen LogP contribution < -0.4 is 15.8 Å². The summed E-state index contributed by atoms with van der Waals surface area (Å²) in [4.78, 5) is 24.8. The lowest BCUT2D eigenvalue weighted by molar-refractivity contribution is 0.0845. The molecular weight excluding hydrogens is 410 g/mol. The Morgan fingerprint density at radius 2 is 1.33 bits per heavy atom.